The van der Waals surface area contributed by atoms with Gasteiger partial charge in [0.15, 0.2) is 0 Å². The third-order valence-corrected chi connectivity index (χ3v) is 1.85. The summed E-state index contributed by atoms with van der Waals surface area (Å²) in [5.74, 6) is 0.243. The lowest BCUT2D eigenvalue weighted by Gasteiger charge is -2.00. The first-order valence-electron chi connectivity index (χ1n) is 3.86. The molecule has 1 N–H and O–H groups in total. The molecule has 3 nitrogen and oxygen atoms in total. The first kappa shape index (κ1) is 7.16. The fourth-order valence-corrected chi connectivity index (χ4v) is 1.04. The Morgan fingerprint density at radius 2 is 1.83 bits per heavy atom. The van der Waals surface area contributed by atoms with E-state index >= 15 is 0 Å². The van der Waals surface area contributed by atoms with Crippen LogP contribution in [-0.2, 0) is 0 Å². The van der Waals surface area contributed by atoms with Crippen molar-refractivity contribution in [2.45, 2.75) is 0 Å². The van der Waals surface area contributed by atoms with E-state index < -0.39 is 0 Å². The lowest BCUT2D eigenvalue weighted by molar-refractivity contribution is 0.0885. The lowest BCUT2D eigenvalue weighted by atomic mass is 10.2. The van der Waals surface area contributed by atoms with Crippen molar-refractivity contribution in [3.63, 3.8) is 0 Å². The van der Waals surface area contributed by atoms with Crippen molar-refractivity contribution in [2.24, 2.45) is 0 Å². The first-order chi connectivity index (χ1) is 5.77. The van der Waals surface area contributed by atoms with Gasteiger partial charge in [-0.15, -0.1) is 0 Å². The van der Waals surface area contributed by atoms with E-state index in [1.54, 1.807) is 17.0 Å². The second-order valence-corrected chi connectivity index (χ2v) is 2.84. The maximum Gasteiger partial charge on any atom is 0.253 e. The van der Waals surface area contributed by atoms with Gasteiger partial charge >= 0.3 is 0 Å². The number of rotatable bonds is 1. The van der Waals surface area contributed by atoms with Crippen LogP contribution in [0.2, 0.25) is 0 Å². The number of hydrogen-bond donors (Lipinski definition) is 1. The molecule has 1 fully saturated rings. The van der Waals surface area contributed by atoms with E-state index in [0.717, 1.165) is 13.1 Å². The third-order valence-electron chi connectivity index (χ3n) is 1.85. The Balaban J connectivity index is 2.22. The lowest BCUT2D eigenvalue weighted by Crippen LogP contribution is -2.09. The van der Waals surface area contributed by atoms with Gasteiger partial charge in [0.25, 0.3) is 5.91 Å². The number of benzene rings is 1. The Morgan fingerprint density at radius 3 is 2.33 bits per heavy atom. The molecule has 0 spiro atoms. The molecule has 0 saturated carbocycles. The number of aromatic hydroxyl groups is 1. The minimum atomic E-state index is 0.0509. The maximum absolute atomic E-state index is 11.4. The molecule has 1 saturated heterocycles. The van der Waals surface area contributed by atoms with Gasteiger partial charge in [0.1, 0.15) is 5.75 Å². The Kier molecular flexibility index (Phi) is 1.50. The fraction of sp³-hybridized carbons (Fsp3) is 0.222. The molecule has 2 rings (SSSR count). The Morgan fingerprint density at radius 1 is 1.25 bits per heavy atom. The summed E-state index contributed by atoms with van der Waals surface area (Å²) in [5.41, 5.74) is 0.644. The summed E-state index contributed by atoms with van der Waals surface area (Å²) in [6, 6.07) is 6.32. The zero-order valence-electron chi connectivity index (χ0n) is 6.53. The average Bonchev–Trinajstić information content (AvgIpc) is 2.87. The second-order valence-electron chi connectivity index (χ2n) is 2.84. The van der Waals surface area contributed by atoms with Crippen LogP contribution in [0.5, 0.6) is 5.75 Å². The van der Waals surface area contributed by atoms with Gasteiger partial charge in [0.2, 0.25) is 0 Å². The normalized spacial score (nSPS) is 14.5. The van der Waals surface area contributed by atoms with Crippen LogP contribution in [0, 0.1) is 0 Å². The minimum absolute atomic E-state index is 0.0509. The van der Waals surface area contributed by atoms with Crippen molar-refractivity contribution in [3.05, 3.63) is 29.8 Å². The molecule has 62 valence electrons. The van der Waals surface area contributed by atoms with Crippen LogP contribution in [-0.4, -0.2) is 29.0 Å². The number of carbonyl (C=O) groups is 1. The molecule has 0 bridgehead atoms. The second kappa shape index (κ2) is 2.52. The van der Waals surface area contributed by atoms with Gasteiger partial charge in [0.05, 0.1) is 0 Å². The predicted molar refractivity (Wildman–Crippen MR) is 44.0 cm³/mol. The smallest absolute Gasteiger partial charge is 0.253 e. The highest BCUT2D eigenvalue weighted by atomic mass is 16.3. The van der Waals surface area contributed by atoms with E-state index in [0.29, 0.717) is 5.56 Å². The summed E-state index contributed by atoms with van der Waals surface area (Å²) in [7, 11) is 0. The number of hydrogen-bond acceptors (Lipinski definition) is 2. The van der Waals surface area contributed by atoms with E-state index in [-0.39, 0.29) is 11.7 Å². The van der Waals surface area contributed by atoms with Gasteiger partial charge in [-0.3, -0.25) is 4.79 Å². The van der Waals surface area contributed by atoms with Crippen LogP contribution < -0.4 is 0 Å². The van der Waals surface area contributed by atoms with Crippen molar-refractivity contribution < 1.29 is 9.90 Å². The molecular weight excluding hydrogens is 154 g/mol. The molecule has 0 aromatic heterocycles. The highest BCUT2D eigenvalue weighted by Gasteiger charge is 2.24. The largest absolute Gasteiger partial charge is 0.508 e. The minimum Gasteiger partial charge on any atom is -0.508 e. The molecule has 1 heterocycles. The summed E-state index contributed by atoms with van der Waals surface area (Å²) in [5, 5.41) is 8.97. The molecule has 1 aliphatic heterocycles. The highest BCUT2D eigenvalue weighted by molar-refractivity contribution is 5.95. The average molecular weight is 163 g/mol. The quantitative estimate of drug-likeness (QED) is 0.623. The zero-order valence-corrected chi connectivity index (χ0v) is 6.53. The van der Waals surface area contributed by atoms with Gasteiger partial charge < -0.3 is 10.0 Å². The Labute approximate surface area is 70.2 Å². The van der Waals surface area contributed by atoms with E-state index in [1.807, 2.05) is 0 Å². The standard InChI is InChI=1S/C9H9NO2/c11-8-3-1-7(2-4-8)9(12)10-5-6-10/h1-4,11H,5-6H2. The van der Waals surface area contributed by atoms with Crippen LogP contribution in [0.15, 0.2) is 24.3 Å². The summed E-state index contributed by atoms with van der Waals surface area (Å²) in [6.45, 7) is 1.72. The van der Waals surface area contributed by atoms with Gasteiger partial charge in [-0.05, 0) is 24.3 Å². The first-order valence-corrected chi connectivity index (χ1v) is 3.86. The van der Waals surface area contributed by atoms with Gasteiger partial charge in [0, 0.05) is 18.7 Å². The van der Waals surface area contributed by atoms with Crippen LogP contribution in [0.25, 0.3) is 0 Å². The maximum atomic E-state index is 11.4. The monoisotopic (exact) mass is 163 g/mol. The van der Waals surface area contributed by atoms with Crippen LogP contribution >= 0.6 is 0 Å². The molecule has 0 atom stereocenters. The van der Waals surface area contributed by atoms with Gasteiger partial charge in [-0.25, -0.2) is 0 Å². The molecule has 3 heteroatoms. The third kappa shape index (κ3) is 1.25. The van der Waals surface area contributed by atoms with Crippen molar-refractivity contribution >= 4 is 5.91 Å². The zero-order chi connectivity index (χ0) is 8.55. The molecule has 1 amide bonds. The van der Waals surface area contributed by atoms with Crippen LogP contribution in [0.3, 0.4) is 0 Å². The van der Waals surface area contributed by atoms with Gasteiger partial charge in [-0.2, -0.15) is 0 Å². The molecule has 0 aliphatic carbocycles. The molecule has 1 aromatic rings. The van der Waals surface area contributed by atoms with Gasteiger partial charge in [-0.1, -0.05) is 0 Å². The van der Waals surface area contributed by atoms with E-state index in [2.05, 4.69) is 0 Å². The molecular formula is C9H9NO2. The topological polar surface area (TPSA) is 40.3 Å². The number of nitrogens with zero attached hydrogens (tertiary/aromatic N) is 1. The van der Waals surface area contributed by atoms with Crippen molar-refractivity contribution in [1.29, 1.82) is 0 Å². The number of phenols is 1. The van der Waals surface area contributed by atoms with Crippen LogP contribution in [0.1, 0.15) is 10.4 Å². The predicted octanol–water partition coefficient (Wildman–Crippen LogP) is 0.848. The van der Waals surface area contributed by atoms with E-state index in [9.17, 15) is 4.79 Å². The summed E-state index contributed by atoms with van der Waals surface area (Å²) in [6.07, 6.45) is 0. The molecule has 12 heavy (non-hydrogen) atoms. The SMILES string of the molecule is O=C(c1ccc(O)cc1)N1CC1. The van der Waals surface area contributed by atoms with E-state index in [1.165, 1.54) is 12.1 Å². The summed E-state index contributed by atoms with van der Waals surface area (Å²) < 4.78 is 0. The molecule has 0 unspecified atom stereocenters. The number of carbonyl (C=O) groups excluding carboxylic acids is 1. The van der Waals surface area contributed by atoms with Crippen LogP contribution in [0.4, 0.5) is 0 Å². The van der Waals surface area contributed by atoms with Crippen molar-refractivity contribution in [1.82, 2.24) is 4.90 Å². The highest BCUT2D eigenvalue weighted by Crippen LogP contribution is 2.14. The van der Waals surface area contributed by atoms with Crippen molar-refractivity contribution in [3.8, 4) is 5.75 Å². The summed E-state index contributed by atoms with van der Waals surface area (Å²) in [4.78, 5) is 13.1. The number of amides is 1. The number of phenolic OH excluding ortho intramolecular Hbond substituents is 1. The fourth-order valence-electron chi connectivity index (χ4n) is 1.04. The molecule has 1 aliphatic rings. The molecule has 0 radical (unpaired) electrons. The van der Waals surface area contributed by atoms with E-state index in [4.69, 9.17) is 5.11 Å². The Bertz CT molecular complexity index is 301. The summed E-state index contributed by atoms with van der Waals surface area (Å²) >= 11 is 0. The molecule has 1 aromatic carbocycles. The van der Waals surface area contributed by atoms with Crippen molar-refractivity contribution in [2.75, 3.05) is 13.1 Å². The Hall–Kier alpha value is -1.51.